The third kappa shape index (κ3) is 5.09. The minimum absolute atomic E-state index is 0.0126. The van der Waals surface area contributed by atoms with E-state index in [2.05, 4.69) is 10.3 Å². The van der Waals surface area contributed by atoms with Crippen molar-refractivity contribution in [3.05, 3.63) is 53.6 Å². The molecule has 1 fully saturated rings. The highest BCUT2D eigenvalue weighted by Gasteiger charge is 2.26. The molecule has 2 aromatic carbocycles. The second kappa shape index (κ2) is 10.5. The molecule has 0 unspecified atom stereocenters. The molecule has 3 amide bonds. The summed E-state index contributed by atoms with van der Waals surface area (Å²) in [6, 6.07) is 12.6. The largest absolute Gasteiger partial charge is 0.395 e. The topological polar surface area (TPSA) is 128 Å². The number of hydrogen-bond donors (Lipinski definition) is 3. The van der Waals surface area contributed by atoms with Gasteiger partial charge >= 0.3 is 0 Å². The Morgan fingerprint density at radius 1 is 1.15 bits per heavy atom. The number of aliphatic hydroxyl groups excluding tert-OH is 1. The van der Waals surface area contributed by atoms with Gasteiger partial charge in [0.1, 0.15) is 5.84 Å². The number of benzene rings is 2. The predicted molar refractivity (Wildman–Crippen MR) is 131 cm³/mol. The second-order valence-electron chi connectivity index (χ2n) is 8.38. The third-order valence-corrected chi connectivity index (χ3v) is 6.06. The number of carbonyl (C=O) groups is 3. The van der Waals surface area contributed by atoms with Gasteiger partial charge in [-0.3, -0.25) is 19.4 Å². The van der Waals surface area contributed by atoms with Crippen molar-refractivity contribution in [1.29, 1.82) is 0 Å². The number of aliphatic imine (C=N–C) groups is 1. The number of piperidine rings is 1. The molecule has 0 aliphatic carbocycles. The van der Waals surface area contributed by atoms with Gasteiger partial charge in [0, 0.05) is 43.6 Å². The fourth-order valence-electron chi connectivity index (χ4n) is 4.35. The van der Waals surface area contributed by atoms with Crippen LogP contribution in [-0.2, 0) is 20.9 Å². The number of amidine groups is 1. The number of nitrogens with zero attached hydrogens (tertiary/aromatic N) is 3. The van der Waals surface area contributed by atoms with Gasteiger partial charge in [0.15, 0.2) is 0 Å². The first-order chi connectivity index (χ1) is 16.5. The second-order valence-corrected chi connectivity index (χ2v) is 8.38. The van der Waals surface area contributed by atoms with Gasteiger partial charge in [0.05, 0.1) is 24.5 Å². The van der Waals surface area contributed by atoms with Crippen molar-refractivity contribution >= 4 is 40.6 Å². The molecule has 9 nitrogen and oxygen atoms in total. The van der Waals surface area contributed by atoms with E-state index in [0.717, 1.165) is 24.0 Å². The molecule has 2 aromatic rings. The maximum atomic E-state index is 13.1. The number of nitrogens with two attached hydrogens (primary N) is 1. The smallest absolute Gasteiger partial charge is 0.227 e. The molecule has 0 aromatic heterocycles. The highest BCUT2D eigenvalue weighted by molar-refractivity contribution is 6.04. The lowest BCUT2D eigenvalue weighted by atomic mass is 10.1. The lowest BCUT2D eigenvalue weighted by molar-refractivity contribution is -0.122. The zero-order valence-electron chi connectivity index (χ0n) is 19.0. The van der Waals surface area contributed by atoms with Crippen molar-refractivity contribution in [3.8, 4) is 0 Å². The Kier molecular flexibility index (Phi) is 7.22. The molecule has 2 aliphatic rings. The van der Waals surface area contributed by atoms with Gasteiger partial charge in [-0.05, 0) is 48.7 Å². The number of anilines is 3. The van der Waals surface area contributed by atoms with Gasteiger partial charge in [-0.1, -0.05) is 12.1 Å². The molecular weight excluding hydrogens is 434 g/mol. The monoisotopic (exact) mass is 463 g/mol. The summed E-state index contributed by atoms with van der Waals surface area (Å²) in [5, 5.41) is 12.4. The fraction of sp³-hybridized carbons (Fsp3) is 0.360. The average molecular weight is 464 g/mol. The average Bonchev–Trinajstić information content (AvgIpc) is 3.21. The Morgan fingerprint density at radius 2 is 1.97 bits per heavy atom. The van der Waals surface area contributed by atoms with Crippen molar-refractivity contribution in [2.24, 2.45) is 10.7 Å². The summed E-state index contributed by atoms with van der Waals surface area (Å²) >= 11 is 0. The standard InChI is InChI=1S/C25H29N5O4/c26-25-19-9-8-18(15-17(19)16-27-25)28-22(32)10-11-24(34)30(13-14-31)21-6-2-1-5-20(21)29-12-4-3-7-23(29)33/h1-2,5-6,8-9,15,31H,3-4,7,10-14,16H2,(H2,26,27)(H,28,32). The molecule has 2 aliphatic heterocycles. The van der Waals surface area contributed by atoms with Crippen LogP contribution < -0.4 is 20.9 Å². The minimum atomic E-state index is -0.295. The van der Waals surface area contributed by atoms with Crippen LogP contribution in [0.25, 0.3) is 0 Å². The zero-order valence-corrected chi connectivity index (χ0v) is 19.0. The molecule has 0 bridgehead atoms. The van der Waals surface area contributed by atoms with Crippen LogP contribution in [0, 0.1) is 0 Å². The molecule has 0 spiro atoms. The van der Waals surface area contributed by atoms with E-state index in [1.165, 1.54) is 4.90 Å². The summed E-state index contributed by atoms with van der Waals surface area (Å²) in [4.78, 5) is 45.4. The van der Waals surface area contributed by atoms with Gasteiger partial charge in [0.25, 0.3) is 0 Å². The van der Waals surface area contributed by atoms with Crippen LogP contribution in [-0.4, -0.2) is 48.4 Å². The van der Waals surface area contributed by atoms with Crippen LogP contribution in [0.3, 0.4) is 0 Å². The van der Waals surface area contributed by atoms with Crippen LogP contribution in [0.15, 0.2) is 47.5 Å². The number of aliphatic hydroxyl groups is 1. The molecule has 2 heterocycles. The summed E-state index contributed by atoms with van der Waals surface area (Å²) in [6.45, 7) is 0.918. The first kappa shape index (κ1) is 23.4. The van der Waals surface area contributed by atoms with E-state index in [1.54, 1.807) is 23.1 Å². The SMILES string of the molecule is NC1=NCc2cc(NC(=O)CCC(=O)N(CCO)c3ccccc3N3CCCCC3=O)ccc21. The summed E-state index contributed by atoms with van der Waals surface area (Å²) in [5.74, 6) is -0.0650. The summed E-state index contributed by atoms with van der Waals surface area (Å²) in [6.07, 6.45) is 2.19. The van der Waals surface area contributed by atoms with Crippen LogP contribution in [0.4, 0.5) is 17.1 Å². The van der Waals surface area contributed by atoms with E-state index in [4.69, 9.17) is 5.73 Å². The van der Waals surface area contributed by atoms with Crippen molar-refractivity contribution < 1.29 is 19.5 Å². The van der Waals surface area contributed by atoms with Crippen LogP contribution in [0.1, 0.15) is 43.2 Å². The van der Waals surface area contributed by atoms with Gasteiger partial charge in [-0.15, -0.1) is 0 Å². The zero-order chi connectivity index (χ0) is 24.1. The molecule has 0 atom stereocenters. The molecule has 0 saturated carbocycles. The van der Waals surface area contributed by atoms with E-state index in [-0.39, 0.29) is 43.7 Å². The number of para-hydroxylation sites is 2. The first-order valence-corrected chi connectivity index (χ1v) is 11.5. The highest BCUT2D eigenvalue weighted by Crippen LogP contribution is 2.32. The third-order valence-electron chi connectivity index (χ3n) is 6.06. The van der Waals surface area contributed by atoms with Crippen LogP contribution in [0.5, 0.6) is 0 Å². The van der Waals surface area contributed by atoms with Crippen molar-refractivity contribution in [2.75, 3.05) is 34.8 Å². The Bertz CT molecular complexity index is 1130. The molecule has 4 rings (SSSR count). The summed E-state index contributed by atoms with van der Waals surface area (Å²) in [5.41, 5.74) is 9.49. The molecule has 4 N–H and O–H groups in total. The first-order valence-electron chi connectivity index (χ1n) is 11.5. The van der Waals surface area contributed by atoms with Crippen LogP contribution >= 0.6 is 0 Å². The molecular formula is C25H29N5O4. The number of fused-ring (bicyclic) bond motifs is 1. The molecule has 9 heteroatoms. The number of carbonyl (C=O) groups excluding carboxylic acids is 3. The molecule has 178 valence electrons. The van der Waals surface area contributed by atoms with E-state index in [9.17, 15) is 19.5 Å². The van der Waals surface area contributed by atoms with Crippen molar-refractivity contribution in [1.82, 2.24) is 0 Å². The number of hydrogen-bond acceptors (Lipinski definition) is 6. The van der Waals surface area contributed by atoms with Crippen LogP contribution in [0.2, 0.25) is 0 Å². The highest BCUT2D eigenvalue weighted by atomic mass is 16.3. The number of nitrogens with one attached hydrogen (secondary N) is 1. The van der Waals surface area contributed by atoms with E-state index in [0.29, 0.717) is 42.4 Å². The Labute approximate surface area is 198 Å². The summed E-state index contributed by atoms with van der Waals surface area (Å²) < 4.78 is 0. The summed E-state index contributed by atoms with van der Waals surface area (Å²) in [7, 11) is 0. The van der Waals surface area contributed by atoms with E-state index < -0.39 is 0 Å². The molecule has 34 heavy (non-hydrogen) atoms. The van der Waals surface area contributed by atoms with Gasteiger partial charge in [-0.2, -0.15) is 0 Å². The minimum Gasteiger partial charge on any atom is -0.395 e. The maximum absolute atomic E-state index is 13.1. The Hall–Kier alpha value is -3.72. The molecule has 0 radical (unpaired) electrons. The normalized spacial score (nSPS) is 15.0. The Morgan fingerprint density at radius 3 is 2.76 bits per heavy atom. The molecule has 1 saturated heterocycles. The Balaban J connectivity index is 1.42. The number of amides is 3. The van der Waals surface area contributed by atoms with Gasteiger partial charge in [0.2, 0.25) is 17.7 Å². The van der Waals surface area contributed by atoms with E-state index >= 15 is 0 Å². The maximum Gasteiger partial charge on any atom is 0.227 e. The fourth-order valence-corrected chi connectivity index (χ4v) is 4.35. The van der Waals surface area contributed by atoms with Gasteiger partial charge < -0.3 is 26.0 Å². The lowest BCUT2D eigenvalue weighted by Crippen LogP contribution is -2.39. The van der Waals surface area contributed by atoms with E-state index in [1.807, 2.05) is 24.3 Å². The van der Waals surface area contributed by atoms with Crippen molar-refractivity contribution in [2.45, 2.75) is 38.6 Å². The predicted octanol–water partition coefficient (Wildman–Crippen LogP) is 2.17. The van der Waals surface area contributed by atoms with Crippen molar-refractivity contribution in [3.63, 3.8) is 0 Å². The quantitative estimate of drug-likeness (QED) is 0.553. The van der Waals surface area contributed by atoms with Gasteiger partial charge in [-0.25, -0.2) is 0 Å². The lowest BCUT2D eigenvalue weighted by Gasteiger charge is -2.32. The number of rotatable bonds is 8.